The molecule has 0 unspecified atom stereocenters. The lowest BCUT2D eigenvalue weighted by Crippen LogP contribution is -2.50. The summed E-state index contributed by atoms with van der Waals surface area (Å²) >= 11 is 6.11. The van der Waals surface area contributed by atoms with Crippen LogP contribution >= 0.6 is 11.6 Å². The Morgan fingerprint density at radius 2 is 1.78 bits per heavy atom. The lowest BCUT2D eigenvalue weighted by Gasteiger charge is -2.34. The molecule has 32 heavy (non-hydrogen) atoms. The number of halogens is 1. The second-order valence-corrected chi connectivity index (χ2v) is 10.2. The number of nitrogens with one attached hydrogen (secondary N) is 1. The molecule has 172 valence electrons. The molecule has 0 aliphatic carbocycles. The van der Waals surface area contributed by atoms with Crippen LogP contribution in [-0.2, 0) is 10.0 Å². The average Bonchev–Trinajstić information content (AvgIpc) is 3.35. The van der Waals surface area contributed by atoms with Crippen molar-refractivity contribution >= 4 is 39.3 Å². The predicted octanol–water partition coefficient (Wildman–Crippen LogP) is 1.01. The summed E-state index contributed by atoms with van der Waals surface area (Å²) in [5, 5.41) is 2.77. The molecule has 1 amide bonds. The number of hydrogen-bond donors (Lipinski definition) is 1. The minimum absolute atomic E-state index is 0.0268. The van der Waals surface area contributed by atoms with Crippen LogP contribution in [0.5, 0.6) is 0 Å². The predicted molar refractivity (Wildman–Crippen MR) is 123 cm³/mol. The first-order valence-electron chi connectivity index (χ1n) is 10.6. The van der Waals surface area contributed by atoms with Crippen LogP contribution in [0.3, 0.4) is 0 Å². The van der Waals surface area contributed by atoms with Gasteiger partial charge in [-0.1, -0.05) is 17.7 Å². The summed E-state index contributed by atoms with van der Waals surface area (Å²) in [5.74, 6) is 0.611. The van der Waals surface area contributed by atoms with Crippen molar-refractivity contribution in [1.29, 1.82) is 0 Å². The van der Waals surface area contributed by atoms with Crippen molar-refractivity contribution < 1.29 is 13.2 Å². The van der Waals surface area contributed by atoms with Gasteiger partial charge >= 0.3 is 0 Å². The van der Waals surface area contributed by atoms with Crippen molar-refractivity contribution in [2.75, 3.05) is 61.4 Å². The molecule has 2 aromatic heterocycles. The van der Waals surface area contributed by atoms with Gasteiger partial charge in [0.05, 0.1) is 17.0 Å². The molecule has 0 atom stereocenters. The third-order valence-corrected chi connectivity index (χ3v) is 7.73. The second kappa shape index (κ2) is 9.97. The summed E-state index contributed by atoms with van der Waals surface area (Å²) in [7, 11) is -3.50. The number of hydrogen-bond acceptors (Lipinski definition) is 8. The van der Waals surface area contributed by atoms with E-state index in [0.29, 0.717) is 32.1 Å². The fourth-order valence-electron chi connectivity index (χ4n) is 3.83. The normalized spacial score (nSPS) is 17.5. The highest BCUT2D eigenvalue weighted by Gasteiger charge is 2.27. The zero-order valence-electron chi connectivity index (χ0n) is 17.7. The van der Waals surface area contributed by atoms with Crippen molar-refractivity contribution in [3.05, 3.63) is 41.3 Å². The topological polar surface area (TPSA) is 112 Å². The molecule has 2 aliphatic heterocycles. The number of carbonyl (C=O) groups is 1. The molecule has 10 nitrogen and oxygen atoms in total. The number of amides is 1. The third-order valence-electron chi connectivity index (χ3n) is 5.59. The number of piperazine rings is 1. The van der Waals surface area contributed by atoms with Gasteiger partial charge in [0.15, 0.2) is 5.69 Å². The van der Waals surface area contributed by atoms with Crippen molar-refractivity contribution in [3.63, 3.8) is 0 Å². The van der Waals surface area contributed by atoms with E-state index in [0.717, 1.165) is 31.7 Å². The molecule has 0 aromatic carbocycles. The number of sulfonamides is 1. The summed E-state index contributed by atoms with van der Waals surface area (Å²) < 4.78 is 26.9. The van der Waals surface area contributed by atoms with Crippen molar-refractivity contribution in [2.45, 2.75) is 12.8 Å². The molecule has 2 aliphatic rings. The van der Waals surface area contributed by atoms with Gasteiger partial charge in [0.2, 0.25) is 16.0 Å². The molecule has 0 bridgehead atoms. The Bertz CT molecular complexity index is 1040. The third kappa shape index (κ3) is 5.28. The Balaban J connectivity index is 1.29. The minimum atomic E-state index is -3.50. The maximum atomic E-state index is 12.7. The van der Waals surface area contributed by atoms with Gasteiger partial charge in [0.25, 0.3) is 5.91 Å². The Hall–Kier alpha value is -2.50. The highest BCUT2D eigenvalue weighted by molar-refractivity contribution is 7.89. The van der Waals surface area contributed by atoms with Crippen LogP contribution in [0, 0.1) is 0 Å². The molecule has 4 rings (SSSR count). The van der Waals surface area contributed by atoms with E-state index in [1.165, 1.54) is 10.5 Å². The molecule has 12 heteroatoms. The van der Waals surface area contributed by atoms with E-state index in [1.54, 1.807) is 6.20 Å². The molecule has 2 saturated heterocycles. The van der Waals surface area contributed by atoms with Gasteiger partial charge in [-0.05, 0) is 25.0 Å². The highest BCUT2D eigenvalue weighted by Crippen LogP contribution is 2.20. The number of aromatic nitrogens is 3. The Labute approximate surface area is 192 Å². The van der Waals surface area contributed by atoms with Crippen molar-refractivity contribution in [1.82, 2.24) is 24.6 Å². The van der Waals surface area contributed by atoms with Crippen molar-refractivity contribution in [3.8, 4) is 0 Å². The van der Waals surface area contributed by atoms with Gasteiger partial charge in [0.1, 0.15) is 5.82 Å². The van der Waals surface area contributed by atoms with Gasteiger partial charge in [-0.2, -0.15) is 4.31 Å². The Morgan fingerprint density at radius 3 is 2.47 bits per heavy atom. The van der Waals surface area contributed by atoms with E-state index in [4.69, 9.17) is 11.6 Å². The lowest BCUT2D eigenvalue weighted by molar-refractivity contribution is 0.0951. The Kier molecular flexibility index (Phi) is 7.07. The van der Waals surface area contributed by atoms with Gasteiger partial charge in [-0.25, -0.2) is 23.4 Å². The van der Waals surface area contributed by atoms with Crippen LogP contribution in [0.4, 0.5) is 11.8 Å². The number of carbonyl (C=O) groups excluding carboxylic acids is 1. The first kappa shape index (κ1) is 22.7. The summed E-state index contributed by atoms with van der Waals surface area (Å²) in [6.07, 6.45) is 5.25. The lowest BCUT2D eigenvalue weighted by atomic mass is 10.3. The molecule has 0 spiro atoms. The molecular weight excluding hydrogens is 454 g/mol. The van der Waals surface area contributed by atoms with E-state index in [9.17, 15) is 13.2 Å². The molecule has 1 N–H and O–H groups in total. The molecular formula is C20H26ClN7O3S. The Morgan fingerprint density at radius 1 is 1.03 bits per heavy atom. The smallest absolute Gasteiger partial charge is 0.271 e. The number of rotatable bonds is 7. The summed E-state index contributed by atoms with van der Waals surface area (Å²) in [6, 6.07) is 5.67. The van der Waals surface area contributed by atoms with Crippen LogP contribution in [0.25, 0.3) is 0 Å². The first-order chi connectivity index (χ1) is 15.4. The molecule has 0 radical (unpaired) electrons. The zero-order valence-corrected chi connectivity index (χ0v) is 19.2. The van der Waals surface area contributed by atoms with Crippen molar-refractivity contribution in [2.24, 2.45) is 0 Å². The van der Waals surface area contributed by atoms with Crippen LogP contribution in [-0.4, -0.2) is 85.1 Å². The molecule has 4 heterocycles. The largest absolute Gasteiger partial charge is 0.354 e. The van der Waals surface area contributed by atoms with E-state index in [2.05, 4.69) is 25.2 Å². The molecule has 0 saturated carbocycles. The maximum Gasteiger partial charge on any atom is 0.271 e. The van der Waals surface area contributed by atoms with Gasteiger partial charge in [-0.15, -0.1) is 0 Å². The quantitative estimate of drug-likeness (QED) is 0.626. The van der Waals surface area contributed by atoms with Crippen LogP contribution < -0.4 is 15.1 Å². The fourth-order valence-corrected chi connectivity index (χ4v) is 5.34. The standard InChI is InChI=1S/C20H26ClN7O3S/c21-16-15-24-20(27-8-3-4-9-27)25-18(16)19(29)23-7-14-32(30,31)28-12-10-26(11-13-28)17-5-1-2-6-22-17/h1-2,5-6,15H,3-4,7-14H2,(H,23,29). The van der Waals surface area contributed by atoms with E-state index in [1.807, 2.05) is 23.1 Å². The van der Waals surface area contributed by atoms with Crippen LogP contribution in [0.1, 0.15) is 23.3 Å². The minimum Gasteiger partial charge on any atom is -0.354 e. The summed E-state index contributed by atoms with van der Waals surface area (Å²) in [5.41, 5.74) is 0.0601. The number of anilines is 2. The van der Waals surface area contributed by atoms with Gasteiger partial charge in [-0.3, -0.25) is 4.79 Å². The fraction of sp³-hybridized carbons (Fsp3) is 0.500. The van der Waals surface area contributed by atoms with Gasteiger partial charge in [0, 0.05) is 52.0 Å². The zero-order chi connectivity index (χ0) is 22.6. The van der Waals surface area contributed by atoms with Crippen LogP contribution in [0.2, 0.25) is 5.02 Å². The molecule has 2 aromatic rings. The number of nitrogens with zero attached hydrogens (tertiary/aromatic N) is 6. The highest BCUT2D eigenvalue weighted by atomic mass is 35.5. The second-order valence-electron chi connectivity index (χ2n) is 7.71. The van der Waals surface area contributed by atoms with E-state index in [-0.39, 0.29) is 23.0 Å². The molecule has 2 fully saturated rings. The SMILES string of the molecule is O=C(NCCS(=O)(=O)N1CCN(c2ccccn2)CC1)c1nc(N2CCCC2)ncc1Cl. The number of pyridine rings is 1. The average molecular weight is 480 g/mol. The monoisotopic (exact) mass is 479 g/mol. The summed E-state index contributed by atoms with van der Waals surface area (Å²) in [6.45, 7) is 3.55. The first-order valence-corrected chi connectivity index (χ1v) is 12.6. The maximum absolute atomic E-state index is 12.7. The van der Waals surface area contributed by atoms with E-state index < -0.39 is 15.9 Å². The summed E-state index contributed by atoms with van der Waals surface area (Å²) in [4.78, 5) is 29.4. The van der Waals surface area contributed by atoms with Gasteiger partial charge < -0.3 is 15.1 Å². The van der Waals surface area contributed by atoms with Crippen LogP contribution in [0.15, 0.2) is 30.6 Å². The van der Waals surface area contributed by atoms with E-state index >= 15 is 0 Å².